The highest BCUT2D eigenvalue weighted by atomic mass is 16.2. The summed E-state index contributed by atoms with van der Waals surface area (Å²) in [6, 6.07) is 0. The van der Waals surface area contributed by atoms with Crippen LogP contribution in [0.2, 0.25) is 0 Å². The van der Waals surface area contributed by atoms with Crippen LogP contribution in [-0.4, -0.2) is 29.0 Å². The number of hydrogen-bond donors (Lipinski definition) is 3. The fourth-order valence-corrected chi connectivity index (χ4v) is 2.37. The molecule has 94 valence electrons. The molecule has 0 radical (unpaired) electrons. The average molecular weight is 236 g/mol. The van der Waals surface area contributed by atoms with E-state index >= 15 is 0 Å². The van der Waals surface area contributed by atoms with Gasteiger partial charge in [0.1, 0.15) is 0 Å². The molecule has 3 N–H and O–H groups in total. The molecule has 0 aliphatic carbocycles. The number of H-pyrrole nitrogens is 1. The second kappa shape index (κ2) is 5.31. The number of rotatable bonds is 4. The molecular formula is C12H20N4O. The smallest absolute Gasteiger partial charge is 0.227 e. The number of hydrogen-bond acceptors (Lipinski definition) is 3. The molecular weight excluding hydrogens is 216 g/mol. The molecule has 0 saturated carbocycles. The average Bonchev–Trinajstić information content (AvgIpc) is 2.90. The predicted molar refractivity (Wildman–Crippen MR) is 65.3 cm³/mol. The van der Waals surface area contributed by atoms with Crippen LogP contribution in [0, 0.1) is 5.41 Å². The molecule has 1 aromatic heterocycles. The van der Waals surface area contributed by atoms with E-state index in [4.69, 9.17) is 0 Å². The summed E-state index contributed by atoms with van der Waals surface area (Å²) in [5.74, 6) is 0.154. The first-order chi connectivity index (χ1) is 8.27. The third kappa shape index (κ3) is 2.66. The maximum atomic E-state index is 12.3. The van der Waals surface area contributed by atoms with Crippen molar-refractivity contribution in [3.05, 3.63) is 18.2 Å². The predicted octanol–water partition coefficient (Wildman–Crippen LogP) is 0.806. The molecule has 1 aromatic rings. The van der Waals surface area contributed by atoms with Gasteiger partial charge in [0.05, 0.1) is 24.0 Å². The minimum atomic E-state index is -0.224. The number of nitrogens with one attached hydrogen (secondary N) is 3. The van der Waals surface area contributed by atoms with E-state index in [0.29, 0.717) is 6.54 Å². The zero-order valence-corrected chi connectivity index (χ0v) is 10.3. The minimum absolute atomic E-state index is 0.154. The Labute approximate surface area is 101 Å². The fourth-order valence-electron chi connectivity index (χ4n) is 2.37. The summed E-state index contributed by atoms with van der Waals surface area (Å²) in [6.45, 7) is 4.43. The van der Waals surface area contributed by atoms with Crippen LogP contribution in [0.3, 0.4) is 0 Å². The van der Waals surface area contributed by atoms with Crippen molar-refractivity contribution in [1.82, 2.24) is 20.6 Å². The number of carbonyl (C=O) groups excluding carboxylic acids is 1. The Kier molecular flexibility index (Phi) is 3.78. The molecule has 0 aromatic carbocycles. The number of nitrogens with zero attached hydrogens (tertiary/aromatic N) is 1. The van der Waals surface area contributed by atoms with E-state index in [-0.39, 0.29) is 11.3 Å². The molecule has 2 heterocycles. The third-order valence-corrected chi connectivity index (χ3v) is 3.62. The summed E-state index contributed by atoms with van der Waals surface area (Å²) in [7, 11) is 0. The summed E-state index contributed by atoms with van der Waals surface area (Å²) < 4.78 is 0. The molecule has 2 rings (SSSR count). The number of imidazole rings is 1. The minimum Gasteiger partial charge on any atom is -0.350 e. The largest absolute Gasteiger partial charge is 0.350 e. The molecule has 1 aliphatic heterocycles. The van der Waals surface area contributed by atoms with Gasteiger partial charge in [0.2, 0.25) is 5.91 Å². The zero-order chi connectivity index (χ0) is 12.1. The van der Waals surface area contributed by atoms with Crippen LogP contribution in [0.5, 0.6) is 0 Å². The molecule has 1 atom stereocenters. The lowest BCUT2D eigenvalue weighted by molar-refractivity contribution is -0.132. The third-order valence-electron chi connectivity index (χ3n) is 3.62. The number of carbonyl (C=O) groups is 1. The molecule has 17 heavy (non-hydrogen) atoms. The Morgan fingerprint density at radius 3 is 3.12 bits per heavy atom. The fraction of sp³-hybridized carbons (Fsp3) is 0.667. The van der Waals surface area contributed by atoms with Gasteiger partial charge >= 0.3 is 0 Å². The van der Waals surface area contributed by atoms with Crippen molar-refractivity contribution in [2.24, 2.45) is 5.41 Å². The molecule has 1 aliphatic rings. The molecule has 1 amide bonds. The first kappa shape index (κ1) is 12.1. The van der Waals surface area contributed by atoms with Crippen LogP contribution in [0.15, 0.2) is 12.5 Å². The molecule has 5 heteroatoms. The quantitative estimate of drug-likeness (QED) is 0.724. The van der Waals surface area contributed by atoms with Gasteiger partial charge in [-0.2, -0.15) is 0 Å². The van der Waals surface area contributed by atoms with Crippen molar-refractivity contribution in [3.63, 3.8) is 0 Å². The first-order valence-electron chi connectivity index (χ1n) is 6.23. The molecule has 0 bridgehead atoms. The summed E-state index contributed by atoms with van der Waals surface area (Å²) in [4.78, 5) is 19.2. The summed E-state index contributed by atoms with van der Waals surface area (Å²) >= 11 is 0. The molecule has 1 unspecified atom stereocenters. The lowest BCUT2D eigenvalue weighted by Gasteiger charge is -2.35. The monoisotopic (exact) mass is 236 g/mol. The Morgan fingerprint density at radius 1 is 1.65 bits per heavy atom. The van der Waals surface area contributed by atoms with Crippen LogP contribution < -0.4 is 10.6 Å². The Morgan fingerprint density at radius 2 is 2.53 bits per heavy atom. The van der Waals surface area contributed by atoms with Crippen molar-refractivity contribution >= 4 is 5.91 Å². The molecule has 1 saturated heterocycles. The van der Waals surface area contributed by atoms with Crippen molar-refractivity contribution in [1.29, 1.82) is 0 Å². The number of piperidine rings is 1. The summed E-state index contributed by atoms with van der Waals surface area (Å²) in [6.07, 6.45) is 6.29. The van der Waals surface area contributed by atoms with Gasteiger partial charge in [-0.05, 0) is 25.8 Å². The van der Waals surface area contributed by atoms with E-state index in [1.54, 1.807) is 12.5 Å². The van der Waals surface area contributed by atoms with E-state index in [1.807, 2.05) is 0 Å². The van der Waals surface area contributed by atoms with Crippen molar-refractivity contribution in [2.75, 3.05) is 13.1 Å². The van der Waals surface area contributed by atoms with Gasteiger partial charge < -0.3 is 15.6 Å². The zero-order valence-electron chi connectivity index (χ0n) is 10.3. The van der Waals surface area contributed by atoms with Crippen molar-refractivity contribution < 1.29 is 4.79 Å². The highest BCUT2D eigenvalue weighted by molar-refractivity contribution is 5.82. The Bertz CT molecular complexity index is 355. The standard InChI is InChI=1S/C12H20N4O/c1-2-12(4-3-5-13-8-12)11(17)15-7-10-6-14-9-16-10/h6,9,13H,2-5,7-8H2,1H3,(H,14,16)(H,15,17). The van der Waals surface area contributed by atoms with Gasteiger partial charge in [0.25, 0.3) is 0 Å². The van der Waals surface area contributed by atoms with Crippen LogP contribution in [0.25, 0.3) is 0 Å². The number of amides is 1. The highest BCUT2D eigenvalue weighted by Crippen LogP contribution is 2.30. The van der Waals surface area contributed by atoms with E-state index in [2.05, 4.69) is 27.5 Å². The number of aromatic nitrogens is 2. The maximum absolute atomic E-state index is 12.3. The lowest BCUT2D eigenvalue weighted by Crippen LogP contribution is -2.50. The van der Waals surface area contributed by atoms with Crippen molar-refractivity contribution in [3.8, 4) is 0 Å². The van der Waals surface area contributed by atoms with Gasteiger partial charge in [0.15, 0.2) is 0 Å². The molecule has 0 spiro atoms. The second-order valence-electron chi connectivity index (χ2n) is 4.67. The van der Waals surface area contributed by atoms with Crippen molar-refractivity contribution in [2.45, 2.75) is 32.7 Å². The lowest BCUT2D eigenvalue weighted by atomic mass is 9.77. The van der Waals surface area contributed by atoms with E-state index < -0.39 is 0 Å². The van der Waals surface area contributed by atoms with E-state index in [0.717, 1.165) is 38.0 Å². The highest BCUT2D eigenvalue weighted by Gasteiger charge is 2.37. The Hall–Kier alpha value is -1.36. The first-order valence-corrected chi connectivity index (χ1v) is 6.23. The number of aromatic amines is 1. The van der Waals surface area contributed by atoms with Crippen LogP contribution in [0.1, 0.15) is 31.9 Å². The van der Waals surface area contributed by atoms with E-state index in [1.165, 1.54) is 0 Å². The van der Waals surface area contributed by atoms with Gasteiger partial charge in [-0.15, -0.1) is 0 Å². The topological polar surface area (TPSA) is 69.8 Å². The SMILES string of the molecule is CCC1(C(=O)NCc2cnc[nH]2)CCCNC1. The van der Waals surface area contributed by atoms with Gasteiger partial charge in [0, 0.05) is 12.7 Å². The van der Waals surface area contributed by atoms with Crippen LogP contribution in [-0.2, 0) is 11.3 Å². The van der Waals surface area contributed by atoms with Gasteiger partial charge in [-0.25, -0.2) is 4.98 Å². The second-order valence-corrected chi connectivity index (χ2v) is 4.67. The van der Waals surface area contributed by atoms with Crippen LogP contribution in [0.4, 0.5) is 0 Å². The maximum Gasteiger partial charge on any atom is 0.227 e. The Balaban J connectivity index is 1.93. The van der Waals surface area contributed by atoms with Gasteiger partial charge in [-0.1, -0.05) is 6.92 Å². The molecule has 1 fully saturated rings. The van der Waals surface area contributed by atoms with Gasteiger partial charge in [-0.3, -0.25) is 4.79 Å². The molecule has 5 nitrogen and oxygen atoms in total. The normalized spacial score (nSPS) is 24.5. The van der Waals surface area contributed by atoms with E-state index in [9.17, 15) is 4.79 Å². The summed E-state index contributed by atoms with van der Waals surface area (Å²) in [5, 5.41) is 6.32. The summed E-state index contributed by atoms with van der Waals surface area (Å²) in [5.41, 5.74) is 0.714. The van der Waals surface area contributed by atoms with Crippen LogP contribution >= 0.6 is 0 Å².